The predicted octanol–water partition coefficient (Wildman–Crippen LogP) is 2.75. The molecule has 5 nitrogen and oxygen atoms in total. The molecule has 2 aromatic heterocycles. The van der Waals surface area contributed by atoms with Gasteiger partial charge in [-0.1, -0.05) is 11.6 Å². The summed E-state index contributed by atoms with van der Waals surface area (Å²) in [6, 6.07) is 10.3. The summed E-state index contributed by atoms with van der Waals surface area (Å²) in [5, 5.41) is 5.26. The first-order chi connectivity index (χ1) is 11.1. The van der Waals surface area contributed by atoms with Crippen LogP contribution in [-0.4, -0.2) is 38.7 Å². The molecule has 4 rings (SSSR count). The standard InChI is InChI=1S/C18H18N4O/c1-12-4-5-17-14(8-12)9-16(13(2)20-17)18(23)21-10-15(11-21)22-7-3-6-19-22/h3-9,15H,10-11H2,1-2H3. The van der Waals surface area contributed by atoms with Crippen LogP contribution in [0.4, 0.5) is 0 Å². The van der Waals surface area contributed by atoms with Gasteiger partial charge in [0.1, 0.15) is 0 Å². The van der Waals surface area contributed by atoms with Gasteiger partial charge < -0.3 is 4.90 Å². The van der Waals surface area contributed by atoms with Gasteiger partial charge in [-0.15, -0.1) is 0 Å². The highest BCUT2D eigenvalue weighted by Gasteiger charge is 2.33. The van der Waals surface area contributed by atoms with Gasteiger partial charge in [0.15, 0.2) is 0 Å². The molecule has 1 fully saturated rings. The highest BCUT2D eigenvalue weighted by molar-refractivity contribution is 5.99. The van der Waals surface area contributed by atoms with Crippen LogP contribution in [0, 0.1) is 13.8 Å². The van der Waals surface area contributed by atoms with Crippen LogP contribution in [0.1, 0.15) is 27.7 Å². The number of aromatic nitrogens is 3. The van der Waals surface area contributed by atoms with Crippen LogP contribution in [-0.2, 0) is 0 Å². The van der Waals surface area contributed by atoms with E-state index in [4.69, 9.17) is 0 Å². The fraction of sp³-hybridized carbons (Fsp3) is 0.278. The number of aryl methyl sites for hydroxylation is 2. The first-order valence-electron chi connectivity index (χ1n) is 7.78. The van der Waals surface area contributed by atoms with E-state index in [0.29, 0.717) is 18.7 Å². The second-order valence-corrected chi connectivity index (χ2v) is 6.17. The van der Waals surface area contributed by atoms with E-state index in [2.05, 4.69) is 16.1 Å². The first kappa shape index (κ1) is 13.9. The van der Waals surface area contributed by atoms with Crippen molar-refractivity contribution in [3.8, 4) is 0 Å². The Bertz CT molecular complexity index is 879. The summed E-state index contributed by atoms with van der Waals surface area (Å²) in [6.07, 6.45) is 3.71. The Morgan fingerprint density at radius 3 is 2.78 bits per heavy atom. The summed E-state index contributed by atoms with van der Waals surface area (Å²) in [5.41, 5.74) is 3.59. The lowest BCUT2D eigenvalue weighted by Crippen LogP contribution is -2.51. The molecule has 1 amide bonds. The number of hydrogen-bond acceptors (Lipinski definition) is 3. The minimum Gasteiger partial charge on any atom is -0.334 e. The summed E-state index contributed by atoms with van der Waals surface area (Å²) in [4.78, 5) is 19.2. The number of pyridine rings is 1. The molecule has 3 aromatic rings. The van der Waals surface area contributed by atoms with Gasteiger partial charge >= 0.3 is 0 Å². The lowest BCUT2D eigenvalue weighted by molar-refractivity contribution is 0.0500. The lowest BCUT2D eigenvalue weighted by Gasteiger charge is -2.39. The molecule has 1 aromatic carbocycles. The second kappa shape index (κ2) is 5.19. The minimum atomic E-state index is 0.0572. The Kier molecular flexibility index (Phi) is 3.15. The molecule has 0 unspecified atom stereocenters. The Labute approximate surface area is 134 Å². The monoisotopic (exact) mass is 306 g/mol. The molecule has 0 bridgehead atoms. The van der Waals surface area contributed by atoms with E-state index >= 15 is 0 Å². The molecular weight excluding hydrogens is 288 g/mol. The Hall–Kier alpha value is -2.69. The maximum atomic E-state index is 12.7. The van der Waals surface area contributed by atoms with Gasteiger partial charge in [-0.05, 0) is 38.1 Å². The number of carbonyl (C=O) groups excluding carboxylic acids is 1. The third-order valence-electron chi connectivity index (χ3n) is 4.44. The van der Waals surface area contributed by atoms with Crippen LogP contribution < -0.4 is 0 Å². The van der Waals surface area contributed by atoms with Gasteiger partial charge in [-0.2, -0.15) is 5.10 Å². The van der Waals surface area contributed by atoms with E-state index in [-0.39, 0.29) is 11.9 Å². The highest BCUT2D eigenvalue weighted by atomic mass is 16.2. The van der Waals surface area contributed by atoms with Gasteiger partial charge in [0.2, 0.25) is 0 Å². The number of amides is 1. The van der Waals surface area contributed by atoms with Crippen LogP contribution in [0.25, 0.3) is 10.9 Å². The van der Waals surface area contributed by atoms with Crippen molar-refractivity contribution >= 4 is 16.8 Å². The van der Waals surface area contributed by atoms with Crippen LogP contribution >= 0.6 is 0 Å². The van der Waals surface area contributed by atoms with Crippen molar-refractivity contribution in [2.75, 3.05) is 13.1 Å². The van der Waals surface area contributed by atoms with E-state index in [9.17, 15) is 4.79 Å². The molecule has 0 N–H and O–H groups in total. The lowest BCUT2D eigenvalue weighted by atomic mass is 10.0. The van der Waals surface area contributed by atoms with Crippen LogP contribution in [0.15, 0.2) is 42.7 Å². The number of fused-ring (bicyclic) bond motifs is 1. The number of rotatable bonds is 2. The topological polar surface area (TPSA) is 51.0 Å². The number of benzene rings is 1. The van der Waals surface area contributed by atoms with Gasteiger partial charge in [0, 0.05) is 30.9 Å². The summed E-state index contributed by atoms with van der Waals surface area (Å²) in [6.45, 7) is 5.35. The Balaban J connectivity index is 1.59. The fourth-order valence-electron chi connectivity index (χ4n) is 3.06. The van der Waals surface area contributed by atoms with E-state index in [1.807, 2.05) is 53.9 Å². The zero-order valence-corrected chi connectivity index (χ0v) is 13.2. The van der Waals surface area contributed by atoms with Crippen molar-refractivity contribution in [1.29, 1.82) is 0 Å². The fourth-order valence-corrected chi connectivity index (χ4v) is 3.06. The third kappa shape index (κ3) is 2.38. The SMILES string of the molecule is Cc1ccc2nc(C)c(C(=O)N3CC(n4cccn4)C3)cc2c1. The highest BCUT2D eigenvalue weighted by Crippen LogP contribution is 2.25. The van der Waals surface area contributed by atoms with Crippen LogP contribution in [0.3, 0.4) is 0 Å². The van der Waals surface area contributed by atoms with Gasteiger partial charge in [0.05, 0.1) is 22.8 Å². The number of hydrogen-bond donors (Lipinski definition) is 0. The van der Waals surface area contributed by atoms with Crippen molar-refractivity contribution in [1.82, 2.24) is 19.7 Å². The molecule has 0 radical (unpaired) electrons. The quantitative estimate of drug-likeness (QED) is 0.731. The summed E-state index contributed by atoms with van der Waals surface area (Å²) in [5.74, 6) is 0.0572. The minimum absolute atomic E-state index is 0.0572. The van der Waals surface area contributed by atoms with Crippen molar-refractivity contribution in [3.63, 3.8) is 0 Å². The summed E-state index contributed by atoms with van der Waals surface area (Å²) >= 11 is 0. The smallest absolute Gasteiger partial charge is 0.255 e. The predicted molar refractivity (Wildman–Crippen MR) is 88.4 cm³/mol. The molecule has 0 atom stereocenters. The molecule has 0 spiro atoms. The molecule has 0 aliphatic carbocycles. The van der Waals surface area contributed by atoms with Crippen molar-refractivity contribution in [3.05, 3.63) is 59.5 Å². The van der Waals surface area contributed by atoms with Crippen molar-refractivity contribution in [2.45, 2.75) is 19.9 Å². The van der Waals surface area contributed by atoms with E-state index < -0.39 is 0 Å². The number of likely N-dealkylation sites (tertiary alicyclic amines) is 1. The second-order valence-electron chi connectivity index (χ2n) is 6.17. The number of nitrogens with zero attached hydrogens (tertiary/aromatic N) is 4. The molecule has 1 aliphatic rings. The van der Waals surface area contributed by atoms with Crippen molar-refractivity contribution in [2.24, 2.45) is 0 Å². The summed E-state index contributed by atoms with van der Waals surface area (Å²) in [7, 11) is 0. The summed E-state index contributed by atoms with van der Waals surface area (Å²) < 4.78 is 1.92. The maximum absolute atomic E-state index is 12.7. The van der Waals surface area contributed by atoms with E-state index in [1.54, 1.807) is 6.20 Å². The third-order valence-corrected chi connectivity index (χ3v) is 4.44. The molecule has 5 heteroatoms. The van der Waals surface area contributed by atoms with Crippen LogP contribution in [0.5, 0.6) is 0 Å². The molecule has 1 saturated heterocycles. The van der Waals surface area contributed by atoms with Crippen molar-refractivity contribution < 1.29 is 4.79 Å². The maximum Gasteiger partial charge on any atom is 0.255 e. The zero-order chi connectivity index (χ0) is 16.0. The average molecular weight is 306 g/mol. The average Bonchev–Trinajstić information content (AvgIpc) is 2.99. The molecule has 116 valence electrons. The molecular formula is C18H18N4O. The molecule has 3 heterocycles. The Morgan fingerprint density at radius 1 is 1.22 bits per heavy atom. The normalized spacial score (nSPS) is 15.0. The molecule has 1 aliphatic heterocycles. The van der Waals surface area contributed by atoms with Gasteiger partial charge in [0.25, 0.3) is 5.91 Å². The zero-order valence-electron chi connectivity index (χ0n) is 13.2. The largest absolute Gasteiger partial charge is 0.334 e. The van der Waals surface area contributed by atoms with E-state index in [0.717, 1.165) is 16.6 Å². The van der Waals surface area contributed by atoms with E-state index in [1.165, 1.54) is 5.56 Å². The van der Waals surface area contributed by atoms with Gasteiger partial charge in [-0.25, -0.2) is 0 Å². The Morgan fingerprint density at radius 2 is 2.04 bits per heavy atom. The molecule has 0 saturated carbocycles. The van der Waals surface area contributed by atoms with Crippen LogP contribution in [0.2, 0.25) is 0 Å². The molecule has 23 heavy (non-hydrogen) atoms. The number of carbonyl (C=O) groups is 1. The first-order valence-corrected chi connectivity index (χ1v) is 7.78. The van der Waals surface area contributed by atoms with Gasteiger partial charge in [-0.3, -0.25) is 14.5 Å².